The molecule has 2 aromatic rings. The summed E-state index contributed by atoms with van der Waals surface area (Å²) in [4.78, 5) is 2.87. The molecule has 0 N–H and O–H groups in total. The van der Waals surface area contributed by atoms with E-state index in [0.717, 1.165) is 4.47 Å². The zero-order chi connectivity index (χ0) is 12.6. The minimum atomic E-state index is 0.243. The number of thiophene rings is 1. The van der Waals surface area contributed by atoms with Crippen molar-refractivity contribution in [3.05, 3.63) is 54.1 Å². The zero-order valence-electron chi connectivity index (χ0n) is 9.43. The summed E-state index contributed by atoms with van der Waals surface area (Å²) < 4.78 is 2.34. The Kier molecular flexibility index (Phi) is 4.50. The summed E-state index contributed by atoms with van der Waals surface area (Å²) in [5.41, 5.74) is 2.54. The maximum absolute atomic E-state index is 3.78. The van der Waals surface area contributed by atoms with E-state index in [4.69, 9.17) is 0 Å². The molecular formula is C13H11Br3S. The lowest BCUT2D eigenvalue weighted by molar-refractivity contribution is 1.20. The zero-order valence-corrected chi connectivity index (χ0v) is 15.0. The molecular weight excluding hydrogens is 428 g/mol. The quantitative estimate of drug-likeness (QED) is 0.477. The average Bonchev–Trinajstić information content (AvgIpc) is 2.58. The number of rotatable bonds is 2. The van der Waals surface area contributed by atoms with Gasteiger partial charge in [-0.05, 0) is 53.0 Å². The third-order valence-electron chi connectivity index (χ3n) is 2.56. The fourth-order valence-corrected chi connectivity index (χ4v) is 5.00. The van der Waals surface area contributed by atoms with Gasteiger partial charge >= 0.3 is 0 Å². The van der Waals surface area contributed by atoms with Crippen molar-refractivity contribution in [2.75, 3.05) is 0 Å². The van der Waals surface area contributed by atoms with Crippen LogP contribution in [0.1, 0.15) is 25.7 Å². The Morgan fingerprint density at radius 3 is 2.29 bits per heavy atom. The molecule has 4 heteroatoms. The monoisotopic (exact) mass is 436 g/mol. The van der Waals surface area contributed by atoms with Gasteiger partial charge in [0.2, 0.25) is 0 Å². The summed E-state index contributed by atoms with van der Waals surface area (Å²) in [6, 6.07) is 8.65. The number of benzene rings is 1. The van der Waals surface area contributed by atoms with Gasteiger partial charge in [-0.15, -0.1) is 11.3 Å². The fourth-order valence-electron chi connectivity index (χ4n) is 1.60. The van der Waals surface area contributed by atoms with Crippen molar-refractivity contribution >= 4 is 59.1 Å². The molecule has 90 valence electrons. The topological polar surface area (TPSA) is 0 Å². The molecule has 0 radical (unpaired) electrons. The van der Waals surface area contributed by atoms with Gasteiger partial charge in [0.25, 0.3) is 0 Å². The SMILES string of the molecule is Cc1ccc(C(Br)c2cc(Br)c(C)s2)c(Br)c1. The molecule has 0 aliphatic carbocycles. The van der Waals surface area contributed by atoms with E-state index in [1.165, 1.54) is 25.4 Å². The number of aryl methyl sites for hydroxylation is 2. The van der Waals surface area contributed by atoms with Crippen LogP contribution in [0.5, 0.6) is 0 Å². The maximum Gasteiger partial charge on any atom is 0.0749 e. The molecule has 0 saturated heterocycles. The Morgan fingerprint density at radius 1 is 1.06 bits per heavy atom. The van der Waals surface area contributed by atoms with Gasteiger partial charge in [0.1, 0.15) is 0 Å². The normalized spacial score (nSPS) is 12.8. The number of hydrogen-bond donors (Lipinski definition) is 0. The van der Waals surface area contributed by atoms with Crippen molar-refractivity contribution in [2.24, 2.45) is 0 Å². The van der Waals surface area contributed by atoms with Crippen molar-refractivity contribution in [1.82, 2.24) is 0 Å². The molecule has 0 spiro atoms. The second kappa shape index (κ2) is 5.55. The lowest BCUT2D eigenvalue weighted by Gasteiger charge is -2.11. The van der Waals surface area contributed by atoms with Gasteiger partial charge in [0.05, 0.1) is 4.83 Å². The largest absolute Gasteiger partial charge is 0.143 e. The second-order valence-electron chi connectivity index (χ2n) is 3.94. The van der Waals surface area contributed by atoms with Crippen LogP contribution in [-0.4, -0.2) is 0 Å². The third kappa shape index (κ3) is 3.03. The van der Waals surface area contributed by atoms with E-state index in [-0.39, 0.29) is 4.83 Å². The Hall–Kier alpha value is 0.360. The minimum Gasteiger partial charge on any atom is -0.143 e. The first-order valence-electron chi connectivity index (χ1n) is 5.15. The van der Waals surface area contributed by atoms with E-state index >= 15 is 0 Å². The molecule has 0 aliphatic rings. The van der Waals surface area contributed by atoms with Crippen LogP contribution in [0.3, 0.4) is 0 Å². The van der Waals surface area contributed by atoms with E-state index in [1.54, 1.807) is 0 Å². The predicted octanol–water partition coefficient (Wildman–Crippen LogP) is 6.37. The molecule has 1 unspecified atom stereocenters. The fraction of sp³-hybridized carbons (Fsp3) is 0.231. The van der Waals surface area contributed by atoms with Gasteiger partial charge in [-0.25, -0.2) is 0 Å². The first-order valence-corrected chi connectivity index (χ1v) is 8.47. The van der Waals surface area contributed by atoms with E-state index < -0.39 is 0 Å². The molecule has 0 fully saturated rings. The summed E-state index contributed by atoms with van der Waals surface area (Å²) >= 11 is 12.8. The van der Waals surface area contributed by atoms with Crippen LogP contribution in [0.2, 0.25) is 0 Å². The minimum absolute atomic E-state index is 0.243. The van der Waals surface area contributed by atoms with E-state index in [2.05, 4.69) is 85.9 Å². The maximum atomic E-state index is 3.78. The lowest BCUT2D eigenvalue weighted by atomic mass is 10.1. The van der Waals surface area contributed by atoms with Crippen LogP contribution in [0, 0.1) is 13.8 Å². The highest BCUT2D eigenvalue weighted by molar-refractivity contribution is 9.11. The molecule has 2 rings (SSSR count). The second-order valence-corrected chi connectivity index (χ2v) is 7.85. The summed E-state index contributed by atoms with van der Waals surface area (Å²) in [7, 11) is 0. The highest BCUT2D eigenvalue weighted by atomic mass is 79.9. The van der Waals surface area contributed by atoms with Gasteiger partial charge in [-0.3, -0.25) is 0 Å². The molecule has 0 bridgehead atoms. The van der Waals surface area contributed by atoms with Gasteiger partial charge in [-0.2, -0.15) is 0 Å². The predicted molar refractivity (Wildman–Crippen MR) is 86.4 cm³/mol. The molecule has 1 atom stereocenters. The summed E-state index contributed by atoms with van der Waals surface area (Å²) in [6.45, 7) is 4.23. The van der Waals surface area contributed by atoms with E-state index in [0.29, 0.717) is 0 Å². The summed E-state index contributed by atoms with van der Waals surface area (Å²) in [5, 5.41) is 0. The Bertz CT molecular complexity index is 526. The first-order chi connectivity index (χ1) is 7.99. The van der Waals surface area contributed by atoms with Gasteiger partial charge in [0, 0.05) is 18.7 Å². The smallest absolute Gasteiger partial charge is 0.0749 e. The Balaban J connectivity index is 2.39. The van der Waals surface area contributed by atoms with Crippen LogP contribution in [0.15, 0.2) is 33.2 Å². The standard InChI is InChI=1S/C13H11Br3S/c1-7-3-4-9(11(15)5-7)13(16)12-6-10(14)8(2)17-12/h3-6,13H,1-2H3. The Morgan fingerprint density at radius 2 is 1.76 bits per heavy atom. The molecule has 17 heavy (non-hydrogen) atoms. The average molecular weight is 439 g/mol. The van der Waals surface area contributed by atoms with Gasteiger partial charge in [0.15, 0.2) is 0 Å². The van der Waals surface area contributed by atoms with Crippen LogP contribution in [-0.2, 0) is 0 Å². The molecule has 0 saturated carbocycles. The number of alkyl halides is 1. The van der Waals surface area contributed by atoms with Gasteiger partial charge < -0.3 is 0 Å². The van der Waals surface area contributed by atoms with Crippen LogP contribution >= 0.6 is 59.1 Å². The van der Waals surface area contributed by atoms with Crippen molar-refractivity contribution in [2.45, 2.75) is 18.7 Å². The highest BCUT2D eigenvalue weighted by Gasteiger charge is 2.16. The van der Waals surface area contributed by atoms with Crippen molar-refractivity contribution in [3.63, 3.8) is 0 Å². The molecule has 0 amide bonds. The number of hydrogen-bond acceptors (Lipinski definition) is 1. The molecule has 1 aromatic heterocycles. The van der Waals surface area contributed by atoms with Crippen LogP contribution < -0.4 is 0 Å². The first kappa shape index (κ1) is 13.8. The number of halogens is 3. The van der Waals surface area contributed by atoms with E-state index in [9.17, 15) is 0 Å². The summed E-state index contributed by atoms with van der Waals surface area (Å²) in [5.74, 6) is 0. The van der Waals surface area contributed by atoms with Crippen molar-refractivity contribution in [1.29, 1.82) is 0 Å². The third-order valence-corrected chi connectivity index (χ3v) is 6.73. The molecule has 1 heterocycles. The molecule has 0 nitrogen and oxygen atoms in total. The highest BCUT2D eigenvalue weighted by Crippen LogP contribution is 2.41. The van der Waals surface area contributed by atoms with Crippen molar-refractivity contribution in [3.8, 4) is 0 Å². The van der Waals surface area contributed by atoms with Crippen LogP contribution in [0.25, 0.3) is 0 Å². The lowest BCUT2D eigenvalue weighted by Crippen LogP contribution is -1.91. The van der Waals surface area contributed by atoms with Crippen LogP contribution in [0.4, 0.5) is 0 Å². The van der Waals surface area contributed by atoms with Gasteiger partial charge in [-0.1, -0.05) is 44.0 Å². The van der Waals surface area contributed by atoms with Crippen molar-refractivity contribution < 1.29 is 0 Å². The molecule has 0 aliphatic heterocycles. The molecule has 1 aromatic carbocycles. The Labute approximate surface area is 131 Å². The summed E-state index contributed by atoms with van der Waals surface area (Å²) in [6.07, 6.45) is 0. The van der Waals surface area contributed by atoms with E-state index in [1.807, 2.05) is 11.3 Å².